The molecule has 0 unspecified atom stereocenters. The quantitative estimate of drug-likeness (QED) is 0.331. The van der Waals surface area contributed by atoms with Crippen LogP contribution in [-0.2, 0) is 0 Å². The number of nitrogens with two attached hydrogens (primary N) is 1. The first-order valence-electron chi connectivity index (χ1n) is 11.0. The summed E-state index contributed by atoms with van der Waals surface area (Å²) in [5.74, 6) is -0.956. The van der Waals surface area contributed by atoms with Crippen molar-refractivity contribution in [2.45, 2.75) is 46.6 Å². The van der Waals surface area contributed by atoms with Gasteiger partial charge in [-0.1, -0.05) is 31.5 Å². The molecule has 11 heteroatoms. The van der Waals surface area contributed by atoms with Gasteiger partial charge in [0.15, 0.2) is 5.75 Å². The Morgan fingerprint density at radius 2 is 1.80 bits per heavy atom. The average molecular weight is 507 g/mol. The number of pyridine rings is 3. The van der Waals surface area contributed by atoms with E-state index >= 15 is 0 Å². The summed E-state index contributed by atoms with van der Waals surface area (Å²) in [5.41, 5.74) is 8.40. The second-order valence-electron chi connectivity index (χ2n) is 9.06. The fraction of sp³-hybridized carbons (Fsp3) is 0.375. The molecule has 3 aromatic heterocycles. The molecular weight excluding hydrogens is 477 g/mol. The lowest BCUT2D eigenvalue weighted by Crippen LogP contribution is -2.43. The molecule has 0 radical (unpaired) electrons. The van der Waals surface area contributed by atoms with Gasteiger partial charge in [-0.25, -0.2) is 9.97 Å². The van der Waals surface area contributed by atoms with Crippen molar-refractivity contribution in [1.82, 2.24) is 15.0 Å². The van der Waals surface area contributed by atoms with Gasteiger partial charge < -0.3 is 20.5 Å². The van der Waals surface area contributed by atoms with Crippen LogP contribution in [0.5, 0.6) is 5.75 Å². The third kappa shape index (κ3) is 8.81. The molecule has 0 bridgehead atoms. The fourth-order valence-corrected chi connectivity index (χ4v) is 3.63. The van der Waals surface area contributed by atoms with Crippen LogP contribution in [0, 0.1) is 31.7 Å². The molecule has 0 saturated carbocycles. The standard InChI is InChI=1S/C19H26FN3O.C5H4BClFNO2/c1-12(2)10-19(5,21)11-24-17-13(3)8-16(23-18(17)20)15-6-7-22-14(4)9-15;7-4-2-1-3(6(10)11)5(8)9-4/h6-9,12H,10-11,21H2,1-5H3;1-2,10-11H/t19-;/m0./s1. The zero-order valence-electron chi connectivity index (χ0n) is 20.4. The van der Waals surface area contributed by atoms with Crippen molar-refractivity contribution in [1.29, 1.82) is 0 Å². The SMILES string of the molecule is Cc1cc(-c2cc(C)c(OC[C@@](C)(N)CC(C)C)c(F)n2)ccn1.OB(O)c1ccc(Cl)nc1F. The number of hydrogen-bond acceptors (Lipinski definition) is 7. The fourth-order valence-electron chi connectivity index (χ4n) is 3.49. The molecule has 0 aliphatic rings. The van der Waals surface area contributed by atoms with Crippen molar-refractivity contribution in [3.8, 4) is 17.0 Å². The highest BCUT2D eigenvalue weighted by molar-refractivity contribution is 6.58. The van der Waals surface area contributed by atoms with Gasteiger partial charge in [-0.15, -0.1) is 0 Å². The Bertz CT molecular complexity index is 1130. The number of hydrogen-bond donors (Lipinski definition) is 3. The van der Waals surface area contributed by atoms with Gasteiger partial charge in [-0.2, -0.15) is 8.78 Å². The third-order valence-electron chi connectivity index (χ3n) is 4.85. The van der Waals surface area contributed by atoms with Gasteiger partial charge in [-0.3, -0.25) is 4.98 Å². The normalized spacial score (nSPS) is 12.6. The molecule has 1 atom stereocenters. The zero-order chi connectivity index (χ0) is 26.3. The molecule has 35 heavy (non-hydrogen) atoms. The van der Waals surface area contributed by atoms with E-state index in [4.69, 9.17) is 32.1 Å². The van der Waals surface area contributed by atoms with E-state index in [2.05, 4.69) is 28.8 Å². The minimum Gasteiger partial charge on any atom is -0.487 e. The highest BCUT2D eigenvalue weighted by atomic mass is 35.5. The second-order valence-corrected chi connectivity index (χ2v) is 9.45. The Hall–Kier alpha value is -2.66. The van der Waals surface area contributed by atoms with E-state index in [0.29, 0.717) is 17.2 Å². The Kier molecular flexibility index (Phi) is 10.1. The zero-order valence-corrected chi connectivity index (χ0v) is 21.1. The molecule has 0 fully saturated rings. The molecule has 0 spiro atoms. The highest BCUT2D eigenvalue weighted by Crippen LogP contribution is 2.28. The Morgan fingerprint density at radius 3 is 2.34 bits per heavy atom. The summed E-state index contributed by atoms with van der Waals surface area (Å²) in [6, 6.07) is 7.95. The number of aryl methyl sites for hydroxylation is 2. The van der Waals surface area contributed by atoms with Crippen LogP contribution in [0.2, 0.25) is 5.15 Å². The van der Waals surface area contributed by atoms with Crippen LogP contribution in [0.1, 0.15) is 38.4 Å². The van der Waals surface area contributed by atoms with Crippen LogP contribution in [0.25, 0.3) is 11.3 Å². The average Bonchev–Trinajstić information content (AvgIpc) is 2.72. The van der Waals surface area contributed by atoms with Crippen LogP contribution in [-0.4, -0.2) is 44.3 Å². The van der Waals surface area contributed by atoms with E-state index in [9.17, 15) is 8.78 Å². The number of halogens is 3. The molecule has 3 aromatic rings. The lowest BCUT2D eigenvalue weighted by Gasteiger charge is -2.27. The predicted molar refractivity (Wildman–Crippen MR) is 133 cm³/mol. The van der Waals surface area contributed by atoms with Crippen molar-refractivity contribution in [3.63, 3.8) is 0 Å². The molecule has 0 amide bonds. The first kappa shape index (κ1) is 28.6. The largest absolute Gasteiger partial charge is 0.493 e. The van der Waals surface area contributed by atoms with Crippen LogP contribution in [0.15, 0.2) is 36.5 Å². The van der Waals surface area contributed by atoms with E-state index < -0.39 is 24.6 Å². The first-order chi connectivity index (χ1) is 16.3. The highest BCUT2D eigenvalue weighted by Gasteiger charge is 2.23. The van der Waals surface area contributed by atoms with E-state index in [1.54, 1.807) is 6.20 Å². The van der Waals surface area contributed by atoms with Crippen LogP contribution >= 0.6 is 11.6 Å². The molecular formula is C24H30BClF2N4O3. The van der Waals surface area contributed by atoms with Crippen LogP contribution in [0.3, 0.4) is 0 Å². The lowest BCUT2D eigenvalue weighted by molar-refractivity contribution is 0.197. The van der Waals surface area contributed by atoms with Gasteiger partial charge in [0.2, 0.25) is 5.95 Å². The Balaban J connectivity index is 0.000000328. The van der Waals surface area contributed by atoms with Gasteiger partial charge in [0.25, 0.3) is 5.95 Å². The number of aromatic nitrogens is 3. The van der Waals surface area contributed by atoms with E-state index in [1.807, 2.05) is 39.0 Å². The van der Waals surface area contributed by atoms with Crippen LogP contribution in [0.4, 0.5) is 8.78 Å². The molecule has 0 aliphatic carbocycles. The minimum absolute atomic E-state index is 0.0214. The Morgan fingerprint density at radius 1 is 1.11 bits per heavy atom. The van der Waals surface area contributed by atoms with Crippen molar-refractivity contribution >= 4 is 24.2 Å². The maximum absolute atomic E-state index is 14.4. The molecule has 0 aromatic carbocycles. The topological polar surface area (TPSA) is 114 Å². The third-order valence-corrected chi connectivity index (χ3v) is 5.06. The van der Waals surface area contributed by atoms with Crippen LogP contribution < -0.4 is 15.9 Å². The van der Waals surface area contributed by atoms with Crippen molar-refractivity contribution < 1.29 is 23.6 Å². The molecule has 7 nitrogen and oxygen atoms in total. The number of rotatable bonds is 7. The summed E-state index contributed by atoms with van der Waals surface area (Å²) >= 11 is 5.31. The molecule has 3 rings (SSSR count). The maximum Gasteiger partial charge on any atom is 0.493 e. The molecule has 0 saturated heterocycles. The number of ether oxygens (including phenoxy) is 1. The monoisotopic (exact) mass is 506 g/mol. The summed E-state index contributed by atoms with van der Waals surface area (Å²) in [4.78, 5) is 11.4. The van der Waals surface area contributed by atoms with Crippen molar-refractivity contribution in [2.24, 2.45) is 11.7 Å². The van der Waals surface area contributed by atoms with E-state index in [-0.39, 0.29) is 23.0 Å². The summed E-state index contributed by atoms with van der Waals surface area (Å²) < 4.78 is 32.7. The smallest absolute Gasteiger partial charge is 0.487 e. The van der Waals surface area contributed by atoms with Gasteiger partial charge >= 0.3 is 7.12 Å². The number of nitrogens with zero attached hydrogens (tertiary/aromatic N) is 3. The first-order valence-corrected chi connectivity index (χ1v) is 11.4. The van der Waals surface area contributed by atoms with E-state index in [1.165, 1.54) is 6.07 Å². The van der Waals surface area contributed by atoms with Gasteiger partial charge in [0.05, 0.1) is 5.69 Å². The molecule has 188 valence electrons. The summed E-state index contributed by atoms with van der Waals surface area (Å²) in [5, 5.41) is 17.0. The predicted octanol–water partition coefficient (Wildman–Crippen LogP) is 3.60. The molecule has 4 N–H and O–H groups in total. The van der Waals surface area contributed by atoms with E-state index in [0.717, 1.165) is 23.7 Å². The van der Waals surface area contributed by atoms with Crippen molar-refractivity contribution in [3.05, 3.63) is 64.8 Å². The summed E-state index contributed by atoms with van der Waals surface area (Å²) in [7, 11) is -1.85. The molecule has 0 aliphatic heterocycles. The second kappa shape index (κ2) is 12.3. The Labute approximate surface area is 209 Å². The van der Waals surface area contributed by atoms with Crippen molar-refractivity contribution in [2.75, 3.05) is 6.61 Å². The van der Waals surface area contributed by atoms with Gasteiger partial charge in [0, 0.05) is 28.5 Å². The van der Waals surface area contributed by atoms with Gasteiger partial charge in [-0.05, 0) is 62.9 Å². The minimum atomic E-state index is -1.85. The summed E-state index contributed by atoms with van der Waals surface area (Å²) in [6.45, 7) is 10.1. The summed E-state index contributed by atoms with van der Waals surface area (Å²) in [6.07, 6.45) is 2.49. The maximum atomic E-state index is 14.4. The lowest BCUT2D eigenvalue weighted by atomic mass is 9.81. The van der Waals surface area contributed by atoms with Gasteiger partial charge in [0.1, 0.15) is 11.8 Å². The molecule has 3 heterocycles.